The fourth-order valence-corrected chi connectivity index (χ4v) is 2.08. The number of rotatable bonds is 8. The predicted octanol–water partition coefficient (Wildman–Crippen LogP) is 2.44. The number of aryl methyl sites for hydroxylation is 1. The molecule has 0 aliphatic rings. The highest BCUT2D eigenvalue weighted by molar-refractivity contribution is 5.36. The van der Waals surface area contributed by atoms with Crippen molar-refractivity contribution in [2.45, 2.75) is 26.3 Å². The Kier molecular flexibility index (Phi) is 6.76. The van der Waals surface area contributed by atoms with Crippen molar-refractivity contribution in [1.82, 2.24) is 10.2 Å². The van der Waals surface area contributed by atoms with Gasteiger partial charge < -0.3 is 15.0 Å². The van der Waals surface area contributed by atoms with E-state index >= 15 is 0 Å². The van der Waals surface area contributed by atoms with Crippen molar-refractivity contribution in [3.05, 3.63) is 29.3 Å². The number of ether oxygens (including phenoxy) is 1. The number of nitrogens with one attached hydrogen (secondary N) is 1. The van der Waals surface area contributed by atoms with Crippen molar-refractivity contribution in [3.8, 4) is 5.75 Å². The summed E-state index contributed by atoms with van der Waals surface area (Å²) in [5, 5.41) is 3.18. The van der Waals surface area contributed by atoms with E-state index in [4.69, 9.17) is 4.74 Å². The zero-order valence-electron chi connectivity index (χ0n) is 12.1. The van der Waals surface area contributed by atoms with Gasteiger partial charge in [0.05, 0.1) is 7.11 Å². The Morgan fingerprint density at radius 1 is 1.28 bits per heavy atom. The summed E-state index contributed by atoms with van der Waals surface area (Å²) in [6.45, 7) is 5.29. The topological polar surface area (TPSA) is 24.5 Å². The second-order valence-corrected chi connectivity index (χ2v) is 4.86. The fourth-order valence-electron chi connectivity index (χ4n) is 2.08. The largest absolute Gasteiger partial charge is 0.496 e. The second-order valence-electron chi connectivity index (χ2n) is 4.86. The van der Waals surface area contributed by atoms with Gasteiger partial charge in [0.15, 0.2) is 0 Å². The van der Waals surface area contributed by atoms with Gasteiger partial charge in [-0.1, -0.05) is 17.7 Å². The first-order valence-electron chi connectivity index (χ1n) is 6.64. The van der Waals surface area contributed by atoms with E-state index in [0.29, 0.717) is 0 Å². The van der Waals surface area contributed by atoms with E-state index < -0.39 is 0 Å². The van der Waals surface area contributed by atoms with E-state index in [2.05, 4.69) is 42.4 Å². The van der Waals surface area contributed by atoms with Crippen LogP contribution in [0.2, 0.25) is 0 Å². The molecule has 0 atom stereocenters. The van der Waals surface area contributed by atoms with Crippen LogP contribution in [-0.4, -0.2) is 39.2 Å². The molecule has 3 heteroatoms. The van der Waals surface area contributed by atoms with Crippen LogP contribution in [0.4, 0.5) is 0 Å². The van der Waals surface area contributed by atoms with Gasteiger partial charge in [0.1, 0.15) is 5.75 Å². The van der Waals surface area contributed by atoms with Gasteiger partial charge in [-0.3, -0.25) is 0 Å². The molecule has 0 aromatic heterocycles. The molecule has 0 unspecified atom stereocenters. The van der Waals surface area contributed by atoms with Crippen LogP contribution in [0.15, 0.2) is 18.2 Å². The van der Waals surface area contributed by atoms with Crippen molar-refractivity contribution in [3.63, 3.8) is 0 Å². The van der Waals surface area contributed by atoms with E-state index in [0.717, 1.165) is 25.4 Å². The minimum Gasteiger partial charge on any atom is -0.496 e. The Bertz CT molecular complexity index is 352. The highest BCUT2D eigenvalue weighted by atomic mass is 16.5. The van der Waals surface area contributed by atoms with Gasteiger partial charge in [-0.25, -0.2) is 0 Å². The molecule has 1 aromatic rings. The average Bonchev–Trinajstić information content (AvgIpc) is 2.35. The number of hydrogen-bond donors (Lipinski definition) is 1. The molecule has 1 aromatic carbocycles. The quantitative estimate of drug-likeness (QED) is 0.717. The van der Waals surface area contributed by atoms with Crippen LogP contribution < -0.4 is 10.1 Å². The number of nitrogens with zero attached hydrogens (tertiary/aromatic N) is 1. The third-order valence-corrected chi connectivity index (χ3v) is 3.09. The molecule has 0 saturated heterocycles. The molecule has 0 radical (unpaired) electrons. The molecule has 1 rings (SSSR count). The average molecular weight is 250 g/mol. The summed E-state index contributed by atoms with van der Waals surface area (Å²) >= 11 is 0. The van der Waals surface area contributed by atoms with Gasteiger partial charge in [-0.2, -0.15) is 0 Å². The maximum atomic E-state index is 5.41. The van der Waals surface area contributed by atoms with Gasteiger partial charge >= 0.3 is 0 Å². The molecule has 0 aliphatic carbocycles. The van der Waals surface area contributed by atoms with Gasteiger partial charge in [0.2, 0.25) is 0 Å². The summed E-state index contributed by atoms with van der Waals surface area (Å²) in [7, 11) is 5.91. The smallest absolute Gasteiger partial charge is 0.123 e. The van der Waals surface area contributed by atoms with Gasteiger partial charge in [-0.15, -0.1) is 0 Å². The predicted molar refractivity (Wildman–Crippen MR) is 77.2 cm³/mol. The first-order valence-corrected chi connectivity index (χ1v) is 6.64. The lowest BCUT2D eigenvalue weighted by Gasteiger charge is -2.18. The summed E-state index contributed by atoms with van der Waals surface area (Å²) < 4.78 is 5.41. The van der Waals surface area contributed by atoms with Gasteiger partial charge in [0, 0.05) is 12.1 Å². The maximum Gasteiger partial charge on any atom is 0.123 e. The lowest BCUT2D eigenvalue weighted by atomic mass is 10.1. The molecule has 1 N–H and O–H groups in total. The first kappa shape index (κ1) is 15.0. The van der Waals surface area contributed by atoms with Crippen molar-refractivity contribution in [2.24, 2.45) is 0 Å². The molecule has 102 valence electrons. The molecular formula is C15H26N2O. The molecule has 18 heavy (non-hydrogen) atoms. The Balaban J connectivity index is 2.47. The number of benzene rings is 1. The number of methoxy groups -OCH3 is 1. The standard InChI is InChI=1S/C15H26N2O/c1-13-7-8-15(18-4)14(11-13)12-17(3)10-6-5-9-16-2/h7-8,11,16H,5-6,9-10,12H2,1-4H3. The van der Waals surface area contributed by atoms with Gasteiger partial charge in [-0.05, 0) is 53.0 Å². The van der Waals surface area contributed by atoms with Crippen molar-refractivity contribution in [2.75, 3.05) is 34.3 Å². The molecule has 0 aliphatic heterocycles. The molecule has 0 spiro atoms. The zero-order chi connectivity index (χ0) is 13.4. The highest BCUT2D eigenvalue weighted by Gasteiger charge is 2.06. The third kappa shape index (κ3) is 5.07. The third-order valence-electron chi connectivity index (χ3n) is 3.09. The lowest BCUT2D eigenvalue weighted by Crippen LogP contribution is -2.20. The Morgan fingerprint density at radius 2 is 2.06 bits per heavy atom. The molecule has 0 heterocycles. The minimum atomic E-state index is 0.949. The van der Waals surface area contributed by atoms with E-state index in [1.807, 2.05) is 7.05 Å². The molecule has 0 amide bonds. The van der Waals surface area contributed by atoms with Crippen LogP contribution in [0.25, 0.3) is 0 Å². The summed E-state index contributed by atoms with van der Waals surface area (Å²) in [5.74, 6) is 0.989. The number of unbranched alkanes of at least 4 members (excludes halogenated alkanes) is 1. The van der Waals surface area contributed by atoms with Crippen LogP contribution in [0.5, 0.6) is 5.75 Å². The van der Waals surface area contributed by atoms with Gasteiger partial charge in [0.25, 0.3) is 0 Å². The van der Waals surface area contributed by atoms with E-state index in [1.54, 1.807) is 7.11 Å². The zero-order valence-corrected chi connectivity index (χ0v) is 12.1. The van der Waals surface area contributed by atoms with E-state index in [-0.39, 0.29) is 0 Å². The molecular weight excluding hydrogens is 224 g/mol. The molecule has 0 bridgehead atoms. The Hall–Kier alpha value is -1.06. The fraction of sp³-hybridized carbons (Fsp3) is 0.600. The Morgan fingerprint density at radius 3 is 2.72 bits per heavy atom. The van der Waals surface area contributed by atoms with Crippen LogP contribution in [0.1, 0.15) is 24.0 Å². The summed E-state index contributed by atoms with van der Waals surface area (Å²) in [4.78, 5) is 2.35. The van der Waals surface area contributed by atoms with Crippen molar-refractivity contribution < 1.29 is 4.74 Å². The molecule has 0 saturated carbocycles. The lowest BCUT2D eigenvalue weighted by molar-refractivity contribution is 0.310. The SMILES string of the molecule is CNCCCCN(C)Cc1cc(C)ccc1OC. The minimum absolute atomic E-state index is 0.949. The summed E-state index contributed by atoms with van der Waals surface area (Å²) in [6, 6.07) is 6.36. The van der Waals surface area contributed by atoms with Crippen LogP contribution >= 0.6 is 0 Å². The first-order chi connectivity index (χ1) is 8.67. The molecule has 0 fully saturated rings. The molecule has 3 nitrogen and oxygen atoms in total. The Labute approximate surface area is 111 Å². The summed E-state index contributed by atoms with van der Waals surface area (Å²) in [6.07, 6.45) is 2.46. The monoisotopic (exact) mass is 250 g/mol. The summed E-state index contributed by atoms with van der Waals surface area (Å²) in [5.41, 5.74) is 2.56. The maximum absolute atomic E-state index is 5.41. The highest BCUT2D eigenvalue weighted by Crippen LogP contribution is 2.20. The number of hydrogen-bond acceptors (Lipinski definition) is 3. The second kappa shape index (κ2) is 8.11. The van der Waals surface area contributed by atoms with Crippen LogP contribution in [-0.2, 0) is 6.54 Å². The van der Waals surface area contributed by atoms with Crippen LogP contribution in [0.3, 0.4) is 0 Å². The van der Waals surface area contributed by atoms with E-state index in [1.165, 1.54) is 24.0 Å². The normalized spacial score (nSPS) is 10.9. The van der Waals surface area contributed by atoms with E-state index in [9.17, 15) is 0 Å². The van der Waals surface area contributed by atoms with Crippen molar-refractivity contribution >= 4 is 0 Å². The van der Waals surface area contributed by atoms with Crippen molar-refractivity contribution in [1.29, 1.82) is 0 Å². The van der Waals surface area contributed by atoms with Crippen LogP contribution in [0, 0.1) is 6.92 Å².